The number of nitrogens with zero attached hydrogens (tertiary/aromatic N) is 1. The Hall–Kier alpha value is -3.29. The predicted molar refractivity (Wildman–Crippen MR) is 168 cm³/mol. The Morgan fingerprint density at radius 1 is 1.10 bits per heavy atom. The number of hydrogen-bond acceptors (Lipinski definition) is 11. The molecule has 1 unspecified atom stereocenters. The Morgan fingerprint density at radius 2 is 1.83 bits per heavy atom. The summed E-state index contributed by atoms with van der Waals surface area (Å²) < 4.78 is 29.4. The fraction of sp³-hybridized carbons (Fsp3) is 0.611. The second-order valence-electron chi connectivity index (χ2n) is 14.3. The number of carbonyl (C=O) groups excluding carboxylic acids is 4. The second kappa shape index (κ2) is 13.5. The number of aliphatic hydroxyl groups excluding tert-OH is 1. The van der Waals surface area contributed by atoms with E-state index in [1.165, 1.54) is 12.2 Å². The van der Waals surface area contributed by atoms with Gasteiger partial charge in [-0.25, -0.2) is 9.23 Å². The van der Waals surface area contributed by atoms with E-state index < -0.39 is 75.7 Å². The molecular formula is C36H46FNO10. The summed E-state index contributed by atoms with van der Waals surface area (Å²) in [6.07, 6.45) is 4.99. The first-order chi connectivity index (χ1) is 22.6. The van der Waals surface area contributed by atoms with Gasteiger partial charge in [-0.1, -0.05) is 63.1 Å². The monoisotopic (exact) mass is 671 g/mol. The number of alkyl halides is 1. The minimum Gasteiger partial charge on any atom is -0.457 e. The van der Waals surface area contributed by atoms with Crippen LogP contribution < -0.4 is 0 Å². The lowest BCUT2D eigenvalue weighted by atomic mass is 9.44. The summed E-state index contributed by atoms with van der Waals surface area (Å²) in [6, 6.07) is 6.60. The van der Waals surface area contributed by atoms with E-state index in [4.69, 9.17) is 19.9 Å². The lowest BCUT2D eigenvalue weighted by molar-refractivity contribution is -0.497. The molecule has 0 aromatic heterocycles. The summed E-state index contributed by atoms with van der Waals surface area (Å²) >= 11 is 0. The van der Waals surface area contributed by atoms with Gasteiger partial charge in [0, 0.05) is 29.1 Å². The molecule has 4 aliphatic rings. The number of Topliss-reactive ketones (excluding diaryl/α,β-unsaturated/α-hetero) is 1. The Balaban J connectivity index is 1.42. The first kappa shape index (κ1) is 36.0. The van der Waals surface area contributed by atoms with Gasteiger partial charge in [-0.2, -0.15) is 0 Å². The van der Waals surface area contributed by atoms with Crippen LogP contribution in [0.25, 0.3) is 0 Å². The quantitative estimate of drug-likeness (QED) is 0.204. The molecule has 0 amide bonds. The number of hydrogen-bond donors (Lipinski definition) is 3. The molecule has 0 radical (unpaired) electrons. The van der Waals surface area contributed by atoms with Crippen molar-refractivity contribution in [3.05, 3.63) is 59.2 Å². The summed E-state index contributed by atoms with van der Waals surface area (Å²) in [5.74, 6) is -3.83. The summed E-state index contributed by atoms with van der Waals surface area (Å²) in [6.45, 7) is 6.38. The number of allylic oxidation sites excluding steroid dienone is 4. The second-order valence-corrected chi connectivity index (χ2v) is 14.3. The minimum absolute atomic E-state index is 0.0766. The number of carbonyl (C=O) groups is 4. The summed E-state index contributed by atoms with van der Waals surface area (Å²) in [4.78, 5) is 57.5. The fourth-order valence-corrected chi connectivity index (χ4v) is 9.38. The molecule has 0 bridgehead atoms. The fourth-order valence-electron chi connectivity index (χ4n) is 9.38. The van der Waals surface area contributed by atoms with Crippen molar-refractivity contribution in [2.75, 3.05) is 6.61 Å². The van der Waals surface area contributed by atoms with Crippen LogP contribution in [-0.2, 0) is 46.5 Å². The largest absolute Gasteiger partial charge is 0.457 e. The average Bonchev–Trinajstić information content (AvgIpc) is 3.25. The number of halogens is 1. The van der Waals surface area contributed by atoms with Gasteiger partial charge in [-0.05, 0) is 68.2 Å². The van der Waals surface area contributed by atoms with Gasteiger partial charge in [0.05, 0.1) is 24.5 Å². The lowest BCUT2D eigenvalue weighted by Gasteiger charge is -2.62. The van der Waals surface area contributed by atoms with Crippen LogP contribution in [0.1, 0.15) is 83.8 Å². The van der Waals surface area contributed by atoms with Crippen LogP contribution in [0.2, 0.25) is 0 Å². The maximum absolute atomic E-state index is 17.7. The van der Waals surface area contributed by atoms with E-state index in [1.54, 1.807) is 51.1 Å². The molecule has 3 saturated carbocycles. The molecule has 1 aromatic carbocycles. The molecule has 12 heteroatoms. The zero-order valence-electron chi connectivity index (χ0n) is 27.9. The normalized spacial score (nSPS) is 35.4. The first-order valence-corrected chi connectivity index (χ1v) is 16.7. The maximum atomic E-state index is 17.7. The number of ketones is 2. The van der Waals surface area contributed by atoms with Crippen LogP contribution in [0.15, 0.2) is 48.1 Å². The van der Waals surface area contributed by atoms with Gasteiger partial charge in [0.2, 0.25) is 5.78 Å². The van der Waals surface area contributed by atoms with E-state index in [9.17, 15) is 24.3 Å². The number of esters is 2. The van der Waals surface area contributed by atoms with E-state index in [1.807, 2.05) is 6.92 Å². The van der Waals surface area contributed by atoms with Gasteiger partial charge in [-0.15, -0.1) is 0 Å². The number of unbranched alkanes of at least 4 members (excludes halogenated alkanes) is 1. The molecule has 3 N–H and O–H groups in total. The van der Waals surface area contributed by atoms with Crippen molar-refractivity contribution in [2.45, 2.75) is 103 Å². The first-order valence-electron chi connectivity index (χ1n) is 16.7. The van der Waals surface area contributed by atoms with E-state index in [0.717, 1.165) is 6.42 Å². The standard InChI is InChI=1S/C36H46FNO10/c1-5-6-10-31(42)48-36(30(41)21-46-32(43)17-23-8-7-9-24(16-23)20-47-38(44)45)22(2)15-28-27-12-11-25-18-26(39)13-14-33(25,3)35(27,37)29(40)19-34(28,36)4/h7-9,13-14,16,18,22,27-29,40,44-45H,5-6,10-12,15,17,19-21H2,1-4H3/t22-,27?,28-,29-,33-,34-,35-,36-/m0/s1. The zero-order valence-corrected chi connectivity index (χ0v) is 27.9. The highest BCUT2D eigenvalue weighted by Gasteiger charge is 2.77. The summed E-state index contributed by atoms with van der Waals surface area (Å²) in [5, 5.41) is 29.0. The number of aliphatic hydroxyl groups is 1. The average molecular weight is 672 g/mol. The van der Waals surface area contributed by atoms with Crippen LogP contribution in [0.4, 0.5) is 4.39 Å². The third-order valence-electron chi connectivity index (χ3n) is 11.7. The summed E-state index contributed by atoms with van der Waals surface area (Å²) in [7, 11) is 0. The third kappa shape index (κ3) is 5.95. The third-order valence-corrected chi connectivity index (χ3v) is 11.7. The molecule has 0 spiro atoms. The Bertz CT molecular complexity index is 1510. The van der Waals surface area contributed by atoms with Crippen LogP contribution in [0, 0.1) is 28.6 Å². The molecule has 262 valence electrons. The smallest absolute Gasteiger partial charge is 0.310 e. The van der Waals surface area contributed by atoms with Gasteiger partial charge in [0.25, 0.3) is 0 Å². The predicted octanol–water partition coefficient (Wildman–Crippen LogP) is 4.94. The minimum atomic E-state index is -2.12. The van der Waals surface area contributed by atoms with Gasteiger partial charge in [-0.3, -0.25) is 29.6 Å². The number of rotatable bonds is 12. The molecule has 8 atom stereocenters. The molecule has 0 heterocycles. The highest BCUT2D eigenvalue weighted by atomic mass is 19.1. The van der Waals surface area contributed by atoms with Gasteiger partial charge < -0.3 is 14.6 Å². The van der Waals surface area contributed by atoms with Crippen molar-refractivity contribution >= 4 is 23.5 Å². The van der Waals surface area contributed by atoms with E-state index in [2.05, 4.69) is 4.84 Å². The van der Waals surface area contributed by atoms with Crippen LogP contribution >= 0.6 is 0 Å². The molecule has 4 aliphatic carbocycles. The number of ether oxygens (including phenoxy) is 2. The molecular weight excluding hydrogens is 625 g/mol. The van der Waals surface area contributed by atoms with E-state index >= 15 is 4.39 Å². The van der Waals surface area contributed by atoms with Crippen LogP contribution in [-0.4, -0.2) is 68.4 Å². The van der Waals surface area contributed by atoms with Crippen molar-refractivity contribution in [3.8, 4) is 0 Å². The van der Waals surface area contributed by atoms with Crippen LogP contribution in [0.5, 0.6) is 0 Å². The maximum Gasteiger partial charge on any atom is 0.310 e. The van der Waals surface area contributed by atoms with Crippen molar-refractivity contribution < 1.29 is 53.4 Å². The van der Waals surface area contributed by atoms with Crippen molar-refractivity contribution in [1.29, 1.82) is 0 Å². The van der Waals surface area contributed by atoms with Gasteiger partial charge in [0.15, 0.2) is 23.7 Å². The molecule has 48 heavy (non-hydrogen) atoms. The van der Waals surface area contributed by atoms with E-state index in [0.29, 0.717) is 42.4 Å². The molecule has 11 nitrogen and oxygen atoms in total. The molecule has 0 saturated heterocycles. The molecule has 1 aromatic rings. The Kier molecular flexibility index (Phi) is 10.2. The SMILES string of the molecule is CCCCC(=O)O[C@]1(C(=O)COC(=O)Cc2cccc(CON(O)O)c2)[C@@H](C)C[C@H]2C3CCC4=CC(=O)C=C[C@]4(C)[C@@]3(F)[C@@H](O)C[C@@]21C. The van der Waals surface area contributed by atoms with Gasteiger partial charge >= 0.3 is 11.9 Å². The topological polar surface area (TPSA) is 160 Å². The van der Waals surface area contributed by atoms with Gasteiger partial charge in [0.1, 0.15) is 0 Å². The van der Waals surface area contributed by atoms with Crippen molar-refractivity contribution in [3.63, 3.8) is 0 Å². The molecule has 0 aliphatic heterocycles. The van der Waals surface area contributed by atoms with Crippen molar-refractivity contribution in [2.24, 2.45) is 28.6 Å². The van der Waals surface area contributed by atoms with Crippen molar-refractivity contribution in [1.82, 2.24) is 5.39 Å². The lowest BCUT2D eigenvalue weighted by Crippen LogP contribution is -2.70. The number of fused-ring (bicyclic) bond motifs is 5. The highest BCUT2D eigenvalue weighted by molar-refractivity contribution is 6.01. The number of benzene rings is 1. The molecule has 5 rings (SSSR count). The Labute approximate surface area is 279 Å². The molecule has 3 fully saturated rings. The van der Waals surface area contributed by atoms with Crippen LogP contribution in [0.3, 0.4) is 0 Å². The highest BCUT2D eigenvalue weighted by Crippen LogP contribution is 2.71. The Morgan fingerprint density at radius 3 is 2.54 bits per heavy atom. The zero-order chi connectivity index (χ0) is 35.1. The van der Waals surface area contributed by atoms with E-state index in [-0.39, 0.29) is 31.7 Å². The summed E-state index contributed by atoms with van der Waals surface area (Å²) in [5.41, 5.74) is -4.56.